The van der Waals surface area contributed by atoms with Crippen LogP contribution >= 0.6 is 0 Å². The molecule has 6 heteroatoms. The van der Waals surface area contributed by atoms with Crippen LogP contribution in [0.2, 0.25) is 0 Å². The van der Waals surface area contributed by atoms with Crippen molar-refractivity contribution in [1.82, 2.24) is 19.7 Å². The minimum absolute atomic E-state index is 0.665. The molecule has 0 amide bonds. The summed E-state index contributed by atoms with van der Waals surface area (Å²) in [4.78, 5) is 6.65. The summed E-state index contributed by atoms with van der Waals surface area (Å²) in [6, 6.07) is 8.49. The molecule has 0 radical (unpaired) electrons. The van der Waals surface area contributed by atoms with Gasteiger partial charge in [-0.2, -0.15) is 4.98 Å². The highest BCUT2D eigenvalue weighted by molar-refractivity contribution is 5.74. The molecule has 102 valence electrons. The Morgan fingerprint density at radius 2 is 2.10 bits per heavy atom. The van der Waals surface area contributed by atoms with Crippen LogP contribution in [0.3, 0.4) is 0 Å². The van der Waals surface area contributed by atoms with Crippen molar-refractivity contribution in [3.63, 3.8) is 0 Å². The van der Waals surface area contributed by atoms with Gasteiger partial charge in [0, 0.05) is 19.5 Å². The van der Waals surface area contributed by atoms with Gasteiger partial charge in [-0.1, -0.05) is 19.1 Å². The summed E-state index contributed by atoms with van der Waals surface area (Å²) in [6.45, 7) is 4.54. The summed E-state index contributed by atoms with van der Waals surface area (Å²) in [5.74, 6) is 2.03. The number of para-hydroxylation sites is 2. The summed E-state index contributed by atoms with van der Waals surface area (Å²) in [6.07, 6.45) is 0.913. The first kappa shape index (κ1) is 11.5. The number of aryl methyl sites for hydroxylation is 1. The largest absolute Gasteiger partial charge is 0.423 e. The fourth-order valence-electron chi connectivity index (χ4n) is 2.64. The lowest BCUT2D eigenvalue weighted by molar-refractivity contribution is 0.493. The van der Waals surface area contributed by atoms with E-state index in [9.17, 15) is 0 Å². The Bertz CT molecular complexity index is 727. The predicted molar refractivity (Wildman–Crippen MR) is 74.5 cm³/mol. The molecule has 20 heavy (non-hydrogen) atoms. The van der Waals surface area contributed by atoms with Gasteiger partial charge >= 0.3 is 0 Å². The maximum absolute atomic E-state index is 5.81. The van der Waals surface area contributed by atoms with Gasteiger partial charge in [-0.05, 0) is 12.1 Å². The summed E-state index contributed by atoms with van der Waals surface area (Å²) >= 11 is 0. The normalized spacial score (nSPS) is 14.8. The SMILES string of the molecule is CCc1nnc2n1CCN(c1nc3ccccc3o1)C2. The highest BCUT2D eigenvalue weighted by Crippen LogP contribution is 2.24. The van der Waals surface area contributed by atoms with Gasteiger partial charge in [-0.25, -0.2) is 0 Å². The Morgan fingerprint density at radius 1 is 1.20 bits per heavy atom. The second kappa shape index (κ2) is 4.33. The molecule has 3 aromatic rings. The molecule has 1 aromatic carbocycles. The highest BCUT2D eigenvalue weighted by Gasteiger charge is 2.23. The van der Waals surface area contributed by atoms with E-state index in [2.05, 4.69) is 31.6 Å². The Hall–Kier alpha value is -2.37. The average molecular weight is 269 g/mol. The van der Waals surface area contributed by atoms with E-state index in [0.29, 0.717) is 12.6 Å². The Morgan fingerprint density at radius 3 is 2.95 bits per heavy atom. The lowest BCUT2D eigenvalue weighted by atomic mass is 10.3. The van der Waals surface area contributed by atoms with Crippen molar-refractivity contribution < 1.29 is 4.42 Å². The second-order valence-electron chi connectivity index (χ2n) is 4.92. The molecule has 0 atom stereocenters. The van der Waals surface area contributed by atoms with Crippen LogP contribution in [0.25, 0.3) is 11.1 Å². The van der Waals surface area contributed by atoms with Crippen molar-refractivity contribution in [2.45, 2.75) is 26.4 Å². The van der Waals surface area contributed by atoms with Crippen LogP contribution in [0.4, 0.5) is 6.01 Å². The molecule has 0 saturated carbocycles. The molecule has 0 fully saturated rings. The molecule has 1 aliphatic heterocycles. The summed E-state index contributed by atoms with van der Waals surface area (Å²) in [5.41, 5.74) is 1.72. The number of nitrogens with zero attached hydrogens (tertiary/aromatic N) is 5. The second-order valence-corrected chi connectivity index (χ2v) is 4.92. The molecule has 1 aliphatic rings. The lowest BCUT2D eigenvalue weighted by Gasteiger charge is -2.26. The van der Waals surface area contributed by atoms with E-state index in [1.54, 1.807) is 0 Å². The Labute approximate surface area is 116 Å². The lowest BCUT2D eigenvalue weighted by Crippen LogP contribution is -2.34. The number of rotatable bonds is 2. The molecule has 0 aliphatic carbocycles. The molecule has 0 spiro atoms. The zero-order valence-electron chi connectivity index (χ0n) is 11.3. The fraction of sp³-hybridized carbons (Fsp3) is 0.357. The molecule has 0 saturated heterocycles. The number of hydrogen-bond acceptors (Lipinski definition) is 5. The summed E-state index contributed by atoms with van der Waals surface area (Å²) in [7, 11) is 0. The van der Waals surface area contributed by atoms with Crippen LogP contribution in [0.15, 0.2) is 28.7 Å². The van der Waals surface area contributed by atoms with E-state index < -0.39 is 0 Å². The first-order valence-corrected chi connectivity index (χ1v) is 6.86. The topological polar surface area (TPSA) is 60.0 Å². The van der Waals surface area contributed by atoms with Crippen molar-refractivity contribution in [2.24, 2.45) is 0 Å². The van der Waals surface area contributed by atoms with E-state index in [1.807, 2.05) is 24.3 Å². The molecule has 4 rings (SSSR count). The van der Waals surface area contributed by atoms with Gasteiger partial charge < -0.3 is 13.9 Å². The van der Waals surface area contributed by atoms with Crippen LogP contribution in [0.1, 0.15) is 18.6 Å². The third-order valence-electron chi connectivity index (χ3n) is 3.70. The van der Waals surface area contributed by atoms with Crippen molar-refractivity contribution in [2.75, 3.05) is 11.4 Å². The minimum atomic E-state index is 0.665. The molecule has 0 N–H and O–H groups in total. The molecule has 2 aromatic heterocycles. The first-order chi connectivity index (χ1) is 9.85. The monoisotopic (exact) mass is 269 g/mol. The number of benzene rings is 1. The van der Waals surface area contributed by atoms with Gasteiger partial charge in [-0.3, -0.25) is 0 Å². The number of aromatic nitrogens is 4. The molecule has 0 unspecified atom stereocenters. The maximum Gasteiger partial charge on any atom is 0.298 e. The van der Waals surface area contributed by atoms with E-state index >= 15 is 0 Å². The molecule has 6 nitrogen and oxygen atoms in total. The summed E-state index contributed by atoms with van der Waals surface area (Å²) in [5, 5.41) is 8.48. The molecular weight excluding hydrogens is 254 g/mol. The number of oxazole rings is 1. The van der Waals surface area contributed by atoms with Crippen molar-refractivity contribution in [3.05, 3.63) is 35.9 Å². The van der Waals surface area contributed by atoms with E-state index in [-0.39, 0.29) is 0 Å². The Kier molecular flexibility index (Phi) is 2.48. The number of anilines is 1. The van der Waals surface area contributed by atoms with Crippen LogP contribution < -0.4 is 4.90 Å². The Balaban J connectivity index is 1.67. The van der Waals surface area contributed by atoms with Gasteiger partial charge in [0.05, 0.1) is 6.54 Å². The van der Waals surface area contributed by atoms with Crippen LogP contribution in [0.5, 0.6) is 0 Å². The highest BCUT2D eigenvalue weighted by atomic mass is 16.4. The predicted octanol–water partition coefficient (Wildman–Crippen LogP) is 2.00. The van der Waals surface area contributed by atoms with Crippen LogP contribution in [-0.4, -0.2) is 26.3 Å². The zero-order chi connectivity index (χ0) is 13.5. The van der Waals surface area contributed by atoms with Crippen LogP contribution in [-0.2, 0) is 19.5 Å². The zero-order valence-corrected chi connectivity index (χ0v) is 11.3. The first-order valence-electron chi connectivity index (χ1n) is 6.86. The van der Waals surface area contributed by atoms with Crippen molar-refractivity contribution >= 4 is 17.1 Å². The minimum Gasteiger partial charge on any atom is -0.423 e. The van der Waals surface area contributed by atoms with E-state index in [1.165, 1.54) is 0 Å². The smallest absolute Gasteiger partial charge is 0.298 e. The molecular formula is C14H15N5O. The number of fused-ring (bicyclic) bond motifs is 2. The summed E-state index contributed by atoms with van der Waals surface area (Å²) < 4.78 is 8.01. The third-order valence-corrected chi connectivity index (χ3v) is 3.70. The molecule has 0 bridgehead atoms. The van der Waals surface area contributed by atoms with Gasteiger partial charge in [0.1, 0.15) is 11.3 Å². The maximum atomic E-state index is 5.81. The van der Waals surface area contributed by atoms with Crippen molar-refractivity contribution in [3.8, 4) is 0 Å². The third kappa shape index (κ3) is 1.68. The fourth-order valence-corrected chi connectivity index (χ4v) is 2.64. The van der Waals surface area contributed by atoms with E-state index in [4.69, 9.17) is 4.42 Å². The van der Waals surface area contributed by atoms with Gasteiger partial charge in [0.25, 0.3) is 6.01 Å². The average Bonchev–Trinajstić information content (AvgIpc) is 3.10. The van der Waals surface area contributed by atoms with Crippen LogP contribution in [0, 0.1) is 0 Å². The van der Waals surface area contributed by atoms with Gasteiger partial charge in [-0.15, -0.1) is 10.2 Å². The quantitative estimate of drug-likeness (QED) is 0.712. The van der Waals surface area contributed by atoms with Gasteiger partial charge in [0.2, 0.25) is 0 Å². The molecule has 3 heterocycles. The standard InChI is InChI=1S/C14H15N5O/c1-2-12-16-17-13-9-18(7-8-19(12)13)14-15-10-5-3-4-6-11(10)20-14/h3-6H,2,7-9H2,1H3. The van der Waals surface area contributed by atoms with Gasteiger partial charge in [0.15, 0.2) is 11.4 Å². The number of hydrogen-bond donors (Lipinski definition) is 0. The van der Waals surface area contributed by atoms with Crippen molar-refractivity contribution in [1.29, 1.82) is 0 Å². The van der Waals surface area contributed by atoms with E-state index in [0.717, 1.165) is 42.3 Å².